The van der Waals surface area contributed by atoms with E-state index in [0.717, 1.165) is 38.5 Å². The lowest BCUT2D eigenvalue weighted by Gasteiger charge is -2.21. The molecule has 0 atom stereocenters. The Morgan fingerprint density at radius 3 is 2.58 bits per heavy atom. The molecule has 1 heterocycles. The van der Waals surface area contributed by atoms with E-state index in [1.807, 2.05) is 0 Å². The Kier molecular flexibility index (Phi) is 8.62. The fraction of sp³-hybridized carbons (Fsp3) is 0.583. The summed E-state index contributed by atoms with van der Waals surface area (Å²) in [6, 6.07) is 6.89. The molecule has 1 aromatic heterocycles. The fourth-order valence-electron chi connectivity index (χ4n) is 4.13. The van der Waals surface area contributed by atoms with Crippen LogP contribution in [0.1, 0.15) is 75.2 Å². The average Bonchev–Trinajstić information content (AvgIpc) is 2.81. The Labute approximate surface area is 183 Å². The van der Waals surface area contributed by atoms with Crippen LogP contribution < -0.4 is 10.9 Å². The second-order valence-electron chi connectivity index (χ2n) is 8.37. The number of nitrogens with one attached hydrogen (secondary N) is 1. The van der Waals surface area contributed by atoms with Gasteiger partial charge in [0.2, 0.25) is 0 Å². The van der Waals surface area contributed by atoms with Crippen LogP contribution in [0.2, 0.25) is 0 Å². The molecule has 1 aliphatic rings. The average molecular weight is 428 g/mol. The number of aryl methyl sites for hydroxylation is 1. The molecule has 1 amide bonds. The van der Waals surface area contributed by atoms with Crippen LogP contribution in [0.5, 0.6) is 0 Å². The van der Waals surface area contributed by atoms with Crippen molar-refractivity contribution >= 4 is 22.6 Å². The molecule has 2 aromatic rings. The molecule has 7 nitrogen and oxygen atoms in total. The highest BCUT2D eigenvalue weighted by atomic mass is 16.5. The first kappa shape index (κ1) is 23.0. The number of benzene rings is 1. The molecule has 1 fully saturated rings. The fourth-order valence-corrected chi connectivity index (χ4v) is 4.13. The number of rotatable bonds is 10. The second kappa shape index (κ2) is 11.6. The number of ether oxygens (including phenoxy) is 1. The third-order valence-electron chi connectivity index (χ3n) is 5.93. The number of fused-ring (bicyclic) bond motifs is 1. The van der Waals surface area contributed by atoms with Gasteiger partial charge in [0.15, 0.2) is 12.3 Å². The van der Waals surface area contributed by atoms with Gasteiger partial charge in [0.1, 0.15) is 0 Å². The lowest BCUT2D eigenvalue weighted by atomic mass is 9.89. The minimum atomic E-state index is -0.689. The summed E-state index contributed by atoms with van der Waals surface area (Å²) in [4.78, 5) is 37.6. The van der Waals surface area contributed by atoms with Crippen LogP contribution >= 0.6 is 0 Å². The molecular formula is C24H33N3O4. The number of nitrogens with zero attached hydrogens (tertiary/aromatic N) is 2. The number of esters is 1. The molecule has 0 unspecified atom stereocenters. The molecule has 1 N–H and O–H groups in total. The van der Waals surface area contributed by atoms with Crippen molar-refractivity contribution in [1.82, 2.24) is 15.1 Å². The van der Waals surface area contributed by atoms with Crippen molar-refractivity contribution < 1.29 is 14.3 Å². The third kappa shape index (κ3) is 6.39. The molecule has 0 aliphatic heterocycles. The van der Waals surface area contributed by atoms with E-state index in [0.29, 0.717) is 29.8 Å². The summed E-state index contributed by atoms with van der Waals surface area (Å²) in [5, 5.41) is 8.04. The molecule has 1 aromatic carbocycles. The van der Waals surface area contributed by atoms with Crippen molar-refractivity contribution in [3.05, 3.63) is 40.3 Å². The highest BCUT2D eigenvalue weighted by Gasteiger charge is 2.20. The van der Waals surface area contributed by atoms with E-state index in [1.54, 1.807) is 24.3 Å². The Morgan fingerprint density at radius 2 is 1.84 bits per heavy atom. The van der Waals surface area contributed by atoms with Gasteiger partial charge in [-0.2, -0.15) is 5.10 Å². The summed E-state index contributed by atoms with van der Waals surface area (Å²) in [5.74, 6) is -0.488. The summed E-state index contributed by atoms with van der Waals surface area (Å²) in [6.45, 7) is 2.85. The molecule has 1 saturated carbocycles. The van der Waals surface area contributed by atoms with Crippen molar-refractivity contribution in [2.24, 2.45) is 5.92 Å². The molecule has 7 heteroatoms. The Hall–Kier alpha value is -2.70. The number of aromatic nitrogens is 2. The van der Waals surface area contributed by atoms with Crippen molar-refractivity contribution in [1.29, 1.82) is 0 Å². The standard InChI is InChI=1S/C24H33N3O4/c1-2-3-4-10-15-27-23(29)20-14-9-8-13-19(20)22(26-27)24(30)31-17-21(28)25-16-18-11-6-5-7-12-18/h8-9,13-14,18H,2-7,10-12,15-17H2,1H3,(H,25,28). The summed E-state index contributed by atoms with van der Waals surface area (Å²) < 4.78 is 6.59. The van der Waals surface area contributed by atoms with Gasteiger partial charge < -0.3 is 10.1 Å². The number of amides is 1. The molecule has 0 saturated heterocycles. The minimum absolute atomic E-state index is 0.0748. The van der Waals surface area contributed by atoms with Gasteiger partial charge in [-0.3, -0.25) is 9.59 Å². The monoisotopic (exact) mass is 427 g/mol. The van der Waals surface area contributed by atoms with E-state index in [2.05, 4.69) is 17.3 Å². The largest absolute Gasteiger partial charge is 0.451 e. The second-order valence-corrected chi connectivity index (χ2v) is 8.37. The molecule has 31 heavy (non-hydrogen) atoms. The van der Waals surface area contributed by atoms with Crippen molar-refractivity contribution in [2.75, 3.05) is 13.2 Å². The van der Waals surface area contributed by atoms with Gasteiger partial charge in [0.05, 0.1) is 5.39 Å². The number of hydrogen-bond donors (Lipinski definition) is 1. The number of carbonyl (C=O) groups is 2. The van der Waals surface area contributed by atoms with E-state index >= 15 is 0 Å². The minimum Gasteiger partial charge on any atom is -0.451 e. The molecule has 0 spiro atoms. The maximum absolute atomic E-state index is 12.8. The van der Waals surface area contributed by atoms with Gasteiger partial charge in [0, 0.05) is 18.5 Å². The van der Waals surface area contributed by atoms with Gasteiger partial charge in [0.25, 0.3) is 11.5 Å². The van der Waals surface area contributed by atoms with Crippen LogP contribution in [-0.2, 0) is 16.1 Å². The van der Waals surface area contributed by atoms with E-state index in [1.165, 1.54) is 23.9 Å². The first-order valence-corrected chi connectivity index (χ1v) is 11.5. The first-order valence-electron chi connectivity index (χ1n) is 11.5. The number of carbonyl (C=O) groups excluding carboxylic acids is 2. The summed E-state index contributed by atoms with van der Waals surface area (Å²) >= 11 is 0. The molecule has 1 aliphatic carbocycles. The zero-order valence-corrected chi connectivity index (χ0v) is 18.4. The Morgan fingerprint density at radius 1 is 1.10 bits per heavy atom. The van der Waals surface area contributed by atoms with Crippen LogP contribution in [0.15, 0.2) is 29.1 Å². The van der Waals surface area contributed by atoms with E-state index in [-0.39, 0.29) is 23.8 Å². The molecular weight excluding hydrogens is 394 g/mol. The normalized spacial score (nSPS) is 14.5. The van der Waals surface area contributed by atoms with Crippen molar-refractivity contribution in [3.8, 4) is 0 Å². The lowest BCUT2D eigenvalue weighted by Crippen LogP contribution is -2.34. The highest BCUT2D eigenvalue weighted by molar-refractivity contribution is 6.02. The predicted octanol–water partition coefficient (Wildman–Crippen LogP) is 3.83. The maximum atomic E-state index is 12.8. The van der Waals surface area contributed by atoms with Gasteiger partial charge in [-0.25, -0.2) is 9.48 Å². The van der Waals surface area contributed by atoms with Gasteiger partial charge >= 0.3 is 5.97 Å². The van der Waals surface area contributed by atoms with Gasteiger partial charge in [-0.1, -0.05) is 63.6 Å². The Bertz CT molecular complexity index is 947. The molecule has 0 radical (unpaired) electrons. The van der Waals surface area contributed by atoms with Crippen LogP contribution in [0, 0.1) is 5.92 Å². The summed E-state index contributed by atoms with van der Waals surface area (Å²) in [5.41, 5.74) is -0.139. The summed E-state index contributed by atoms with van der Waals surface area (Å²) in [6.07, 6.45) is 9.96. The summed E-state index contributed by atoms with van der Waals surface area (Å²) in [7, 11) is 0. The van der Waals surface area contributed by atoms with E-state index < -0.39 is 5.97 Å². The SMILES string of the molecule is CCCCCCn1nc(C(=O)OCC(=O)NCC2CCCCC2)c2ccccc2c1=O. The van der Waals surface area contributed by atoms with Crippen LogP contribution in [0.3, 0.4) is 0 Å². The zero-order chi connectivity index (χ0) is 22.1. The van der Waals surface area contributed by atoms with Gasteiger partial charge in [-0.15, -0.1) is 0 Å². The van der Waals surface area contributed by atoms with Crippen LogP contribution in [-0.4, -0.2) is 34.8 Å². The lowest BCUT2D eigenvalue weighted by molar-refractivity contribution is -0.124. The number of hydrogen-bond acceptors (Lipinski definition) is 5. The van der Waals surface area contributed by atoms with Gasteiger partial charge in [-0.05, 0) is 31.2 Å². The highest BCUT2D eigenvalue weighted by Crippen LogP contribution is 2.22. The van der Waals surface area contributed by atoms with Crippen molar-refractivity contribution in [2.45, 2.75) is 71.3 Å². The topological polar surface area (TPSA) is 90.3 Å². The first-order chi connectivity index (χ1) is 15.1. The third-order valence-corrected chi connectivity index (χ3v) is 5.93. The smallest absolute Gasteiger partial charge is 0.359 e. The Balaban J connectivity index is 1.65. The molecule has 168 valence electrons. The molecule has 0 bridgehead atoms. The predicted molar refractivity (Wildman–Crippen MR) is 120 cm³/mol. The molecule has 3 rings (SSSR count). The van der Waals surface area contributed by atoms with Crippen LogP contribution in [0.25, 0.3) is 10.8 Å². The van der Waals surface area contributed by atoms with Crippen LogP contribution in [0.4, 0.5) is 0 Å². The van der Waals surface area contributed by atoms with E-state index in [4.69, 9.17) is 4.74 Å². The van der Waals surface area contributed by atoms with E-state index in [9.17, 15) is 14.4 Å². The number of unbranched alkanes of at least 4 members (excludes halogenated alkanes) is 3. The zero-order valence-electron chi connectivity index (χ0n) is 18.4. The van der Waals surface area contributed by atoms with Crippen molar-refractivity contribution in [3.63, 3.8) is 0 Å². The quantitative estimate of drug-likeness (QED) is 0.460. The maximum Gasteiger partial charge on any atom is 0.359 e.